The van der Waals surface area contributed by atoms with Crippen LogP contribution in [0, 0.1) is 5.82 Å². The van der Waals surface area contributed by atoms with Crippen molar-refractivity contribution in [3.63, 3.8) is 0 Å². The van der Waals surface area contributed by atoms with Crippen molar-refractivity contribution in [2.45, 2.75) is 26.3 Å². The van der Waals surface area contributed by atoms with E-state index in [0.717, 1.165) is 11.3 Å². The zero-order valence-electron chi connectivity index (χ0n) is 18.5. The smallest absolute Gasteiger partial charge is 0.251 e. The second-order valence-corrected chi connectivity index (χ2v) is 8.06. The molecule has 1 heterocycles. The van der Waals surface area contributed by atoms with Gasteiger partial charge in [-0.1, -0.05) is 50.2 Å². The molecule has 0 spiro atoms. The van der Waals surface area contributed by atoms with Gasteiger partial charge in [0.1, 0.15) is 11.6 Å². The summed E-state index contributed by atoms with van der Waals surface area (Å²) >= 11 is 0. The van der Waals surface area contributed by atoms with Gasteiger partial charge in [0.25, 0.3) is 5.91 Å². The molecule has 0 bridgehead atoms. The zero-order valence-corrected chi connectivity index (χ0v) is 18.5. The fourth-order valence-corrected chi connectivity index (χ4v) is 3.35. The Morgan fingerprint density at radius 3 is 2.42 bits per heavy atom. The van der Waals surface area contributed by atoms with Crippen LogP contribution in [0.25, 0.3) is 11.4 Å². The molecule has 2 N–H and O–H groups in total. The third-order valence-electron chi connectivity index (χ3n) is 5.26. The van der Waals surface area contributed by atoms with Gasteiger partial charge in [0.05, 0.1) is 0 Å². The Morgan fingerprint density at radius 1 is 0.970 bits per heavy atom. The van der Waals surface area contributed by atoms with E-state index in [9.17, 15) is 9.18 Å². The van der Waals surface area contributed by atoms with Crippen molar-refractivity contribution in [3.8, 4) is 11.4 Å². The molecule has 4 aromatic rings. The number of halogens is 1. The monoisotopic (exact) mass is 440 g/mol. The number of hydrogen-bond donors (Lipinski definition) is 2. The van der Waals surface area contributed by atoms with E-state index in [4.69, 9.17) is 0 Å². The molecule has 4 rings (SSSR count). The van der Waals surface area contributed by atoms with Gasteiger partial charge in [-0.15, -0.1) is 0 Å². The van der Waals surface area contributed by atoms with Gasteiger partial charge in [0.15, 0.2) is 5.82 Å². The number of nitrogens with zero attached hydrogens (tertiary/aromatic N) is 2. The van der Waals surface area contributed by atoms with E-state index in [1.165, 1.54) is 17.7 Å². The number of benzene rings is 3. The molecule has 33 heavy (non-hydrogen) atoms. The standard InChI is InChI=1S/C27H25FN4O/c1-18(2)20-8-6-19(7-9-20)17-30-27(33)21-10-12-24(13-11-21)31-25-14-15-29-26(32-25)22-4-3-5-23(28)16-22/h3-16,18H,17H2,1-2H3,(H,30,33)(H,29,31,32). The van der Waals surface area contributed by atoms with Crippen molar-refractivity contribution in [3.05, 3.63) is 108 Å². The van der Waals surface area contributed by atoms with E-state index >= 15 is 0 Å². The number of carbonyl (C=O) groups is 1. The Hall–Kier alpha value is -4.06. The first-order chi connectivity index (χ1) is 16.0. The Bertz CT molecular complexity index is 1240. The van der Waals surface area contributed by atoms with Crippen LogP contribution in [0.4, 0.5) is 15.9 Å². The minimum Gasteiger partial charge on any atom is -0.348 e. The molecule has 166 valence electrons. The summed E-state index contributed by atoms with van der Waals surface area (Å²) in [5.74, 6) is 1.01. The topological polar surface area (TPSA) is 66.9 Å². The third-order valence-corrected chi connectivity index (χ3v) is 5.26. The molecule has 0 aliphatic heterocycles. The number of hydrogen-bond acceptors (Lipinski definition) is 4. The van der Waals surface area contributed by atoms with Gasteiger partial charge in [-0.3, -0.25) is 4.79 Å². The van der Waals surface area contributed by atoms with Crippen LogP contribution in [0.2, 0.25) is 0 Å². The van der Waals surface area contributed by atoms with Crippen molar-refractivity contribution >= 4 is 17.4 Å². The maximum atomic E-state index is 13.5. The lowest BCUT2D eigenvalue weighted by Crippen LogP contribution is -2.22. The fourth-order valence-electron chi connectivity index (χ4n) is 3.35. The van der Waals surface area contributed by atoms with Crippen molar-refractivity contribution in [2.75, 3.05) is 5.32 Å². The maximum absolute atomic E-state index is 13.5. The Labute approximate surface area is 192 Å². The van der Waals surface area contributed by atoms with Gasteiger partial charge in [0.2, 0.25) is 0 Å². The molecule has 3 aromatic carbocycles. The summed E-state index contributed by atoms with van der Waals surface area (Å²) in [5, 5.41) is 6.14. The van der Waals surface area contributed by atoms with Gasteiger partial charge in [-0.25, -0.2) is 14.4 Å². The van der Waals surface area contributed by atoms with Crippen LogP contribution in [-0.4, -0.2) is 15.9 Å². The number of nitrogens with one attached hydrogen (secondary N) is 2. The molecule has 0 fully saturated rings. The van der Waals surface area contributed by atoms with Crippen LogP contribution in [0.15, 0.2) is 85.1 Å². The maximum Gasteiger partial charge on any atom is 0.251 e. The lowest BCUT2D eigenvalue weighted by molar-refractivity contribution is 0.0951. The molecule has 0 saturated heterocycles. The molecular weight excluding hydrogens is 415 g/mol. The van der Waals surface area contributed by atoms with E-state index in [1.807, 2.05) is 24.3 Å². The summed E-state index contributed by atoms with van der Waals surface area (Å²) in [6.07, 6.45) is 1.62. The third kappa shape index (κ3) is 5.80. The largest absolute Gasteiger partial charge is 0.348 e. The van der Waals surface area contributed by atoms with Gasteiger partial charge in [-0.2, -0.15) is 0 Å². The average Bonchev–Trinajstić information content (AvgIpc) is 2.83. The van der Waals surface area contributed by atoms with Gasteiger partial charge in [-0.05, 0) is 59.5 Å². The predicted octanol–water partition coefficient (Wildman–Crippen LogP) is 6.08. The lowest BCUT2D eigenvalue weighted by Gasteiger charge is -2.10. The van der Waals surface area contributed by atoms with E-state index in [0.29, 0.717) is 35.2 Å². The van der Waals surface area contributed by atoms with Crippen LogP contribution >= 0.6 is 0 Å². The molecule has 0 radical (unpaired) electrons. The van der Waals surface area contributed by atoms with E-state index in [-0.39, 0.29) is 11.7 Å². The molecule has 1 amide bonds. The molecule has 6 heteroatoms. The molecule has 0 aliphatic carbocycles. The fraction of sp³-hybridized carbons (Fsp3) is 0.148. The highest BCUT2D eigenvalue weighted by Crippen LogP contribution is 2.20. The van der Waals surface area contributed by atoms with E-state index in [1.54, 1.807) is 36.5 Å². The SMILES string of the molecule is CC(C)c1ccc(CNC(=O)c2ccc(Nc3ccnc(-c4cccc(F)c4)n3)cc2)cc1. The van der Waals surface area contributed by atoms with Gasteiger partial charge < -0.3 is 10.6 Å². The van der Waals surface area contributed by atoms with Crippen molar-refractivity contribution in [1.82, 2.24) is 15.3 Å². The minimum atomic E-state index is -0.337. The summed E-state index contributed by atoms with van der Waals surface area (Å²) in [4.78, 5) is 21.2. The van der Waals surface area contributed by atoms with Crippen molar-refractivity contribution < 1.29 is 9.18 Å². The number of amides is 1. The normalized spacial score (nSPS) is 10.8. The van der Waals surface area contributed by atoms with Crippen LogP contribution in [-0.2, 0) is 6.54 Å². The summed E-state index contributed by atoms with van der Waals surface area (Å²) < 4.78 is 13.5. The first-order valence-corrected chi connectivity index (χ1v) is 10.8. The molecule has 0 atom stereocenters. The average molecular weight is 441 g/mol. The van der Waals surface area contributed by atoms with E-state index < -0.39 is 0 Å². The van der Waals surface area contributed by atoms with Crippen molar-refractivity contribution in [2.24, 2.45) is 0 Å². The second kappa shape index (κ2) is 10.0. The van der Waals surface area contributed by atoms with Crippen LogP contribution in [0.3, 0.4) is 0 Å². The minimum absolute atomic E-state index is 0.134. The van der Waals surface area contributed by atoms with Crippen LogP contribution in [0.5, 0.6) is 0 Å². The summed E-state index contributed by atoms with van der Waals surface area (Å²) in [7, 11) is 0. The quantitative estimate of drug-likeness (QED) is 0.365. The number of anilines is 2. The first-order valence-electron chi connectivity index (χ1n) is 10.8. The Balaban J connectivity index is 1.37. The zero-order chi connectivity index (χ0) is 23.2. The van der Waals surface area contributed by atoms with Crippen LogP contribution < -0.4 is 10.6 Å². The molecule has 5 nitrogen and oxygen atoms in total. The molecule has 0 aliphatic rings. The van der Waals surface area contributed by atoms with Gasteiger partial charge >= 0.3 is 0 Å². The molecular formula is C27H25FN4O. The highest BCUT2D eigenvalue weighted by molar-refractivity contribution is 5.94. The van der Waals surface area contributed by atoms with Crippen molar-refractivity contribution in [1.29, 1.82) is 0 Å². The van der Waals surface area contributed by atoms with Crippen LogP contribution in [0.1, 0.15) is 41.3 Å². The van der Waals surface area contributed by atoms with E-state index in [2.05, 4.69) is 46.6 Å². The number of aromatic nitrogens is 2. The summed E-state index contributed by atoms with van der Waals surface area (Å²) in [5.41, 5.74) is 4.29. The Morgan fingerprint density at radius 2 is 1.73 bits per heavy atom. The van der Waals surface area contributed by atoms with Gasteiger partial charge in [0, 0.05) is 29.6 Å². The highest BCUT2D eigenvalue weighted by Gasteiger charge is 2.08. The first kappa shape index (κ1) is 22.1. The molecule has 0 unspecified atom stereocenters. The summed E-state index contributed by atoms with van der Waals surface area (Å²) in [6.45, 7) is 4.79. The number of rotatable bonds is 7. The number of carbonyl (C=O) groups excluding carboxylic acids is 1. The lowest BCUT2D eigenvalue weighted by atomic mass is 10.0. The second-order valence-electron chi connectivity index (χ2n) is 8.06. The predicted molar refractivity (Wildman–Crippen MR) is 129 cm³/mol. The Kier molecular flexibility index (Phi) is 6.74. The molecule has 1 aromatic heterocycles. The molecule has 0 saturated carbocycles. The summed E-state index contributed by atoms with van der Waals surface area (Å²) in [6, 6.07) is 23.3. The highest BCUT2D eigenvalue weighted by atomic mass is 19.1.